The van der Waals surface area contributed by atoms with Crippen molar-refractivity contribution in [1.29, 1.82) is 0 Å². The van der Waals surface area contributed by atoms with Gasteiger partial charge in [-0.05, 0) is 25.8 Å². The molecule has 1 heterocycles. The van der Waals surface area contributed by atoms with Crippen LogP contribution in [0.25, 0.3) is 0 Å². The van der Waals surface area contributed by atoms with Gasteiger partial charge in [-0.15, -0.1) is 0 Å². The summed E-state index contributed by atoms with van der Waals surface area (Å²) in [5, 5.41) is 3.82. The highest BCUT2D eigenvalue weighted by molar-refractivity contribution is 8.41. The summed E-state index contributed by atoms with van der Waals surface area (Å²) in [6.45, 7) is 9.23. The molecule has 1 rings (SSSR count). The summed E-state index contributed by atoms with van der Waals surface area (Å²) in [7, 11) is 1.58. The number of hydrogen-bond acceptors (Lipinski definition) is 7. The van der Waals surface area contributed by atoms with E-state index in [2.05, 4.69) is 5.16 Å². The fraction of sp³-hybridized carbons (Fsp3) is 0.769. The Kier molecular flexibility index (Phi) is 6.49. The summed E-state index contributed by atoms with van der Waals surface area (Å²) in [5.41, 5.74) is -0.460. The Balaban J connectivity index is 2.58. The zero-order valence-electron chi connectivity index (χ0n) is 13.3. The smallest absolute Gasteiger partial charge is 0.297 e. The average Bonchev–Trinajstić information content (AvgIpc) is 2.86. The predicted octanol–water partition coefficient (Wildman–Crippen LogP) is 3.85. The highest BCUT2D eigenvalue weighted by Gasteiger charge is 2.39. The first-order valence-electron chi connectivity index (χ1n) is 6.56. The molecule has 0 saturated carbocycles. The number of rotatable bonds is 4. The minimum absolute atomic E-state index is 0.0767. The maximum Gasteiger partial charge on any atom is 0.445 e. The second-order valence-corrected chi connectivity index (χ2v) is 10.3. The second kappa shape index (κ2) is 7.28. The molecule has 0 aromatic rings. The summed E-state index contributed by atoms with van der Waals surface area (Å²) >= 11 is 4.30. The third-order valence-electron chi connectivity index (χ3n) is 2.58. The van der Waals surface area contributed by atoms with Crippen molar-refractivity contribution in [3.63, 3.8) is 0 Å². The van der Waals surface area contributed by atoms with Crippen molar-refractivity contribution in [2.24, 2.45) is 10.6 Å². The summed E-state index contributed by atoms with van der Waals surface area (Å²) in [6, 6.07) is 0. The van der Waals surface area contributed by atoms with Crippen molar-refractivity contribution < 1.29 is 14.4 Å². The van der Waals surface area contributed by atoms with Crippen LogP contribution in [0.5, 0.6) is 0 Å². The summed E-state index contributed by atoms with van der Waals surface area (Å²) < 4.78 is 1.38. The van der Waals surface area contributed by atoms with E-state index < -0.39 is 16.3 Å². The predicted molar refractivity (Wildman–Crippen MR) is 92.7 cm³/mol. The number of oxime groups is 1. The van der Waals surface area contributed by atoms with Gasteiger partial charge in [0.15, 0.2) is 10.2 Å². The number of carbonyl (C=O) groups is 2. The molecule has 1 aliphatic heterocycles. The molecule has 8 heteroatoms. The summed E-state index contributed by atoms with van der Waals surface area (Å²) in [6.07, 6.45) is -0.574. The number of carbonyl (C=O) groups excluding carboxylic acids is 2. The van der Waals surface area contributed by atoms with Gasteiger partial charge in [-0.3, -0.25) is 13.9 Å². The minimum atomic E-state index is -0.712. The molecule has 0 spiro atoms. The van der Waals surface area contributed by atoms with Crippen molar-refractivity contribution in [3.8, 4) is 0 Å². The van der Waals surface area contributed by atoms with E-state index in [9.17, 15) is 9.59 Å². The van der Waals surface area contributed by atoms with Gasteiger partial charge in [0.05, 0.1) is 4.75 Å². The van der Waals surface area contributed by atoms with E-state index in [1.807, 2.05) is 34.6 Å². The minimum Gasteiger partial charge on any atom is -0.297 e. The number of Topliss-reactive ketones (excluding diaryl/α,β-unsaturated/α-hetero) is 1. The third-order valence-corrected chi connectivity index (χ3v) is 6.07. The first-order chi connectivity index (χ1) is 9.54. The fourth-order valence-corrected chi connectivity index (χ4v) is 5.02. The molecule has 0 aromatic heterocycles. The number of nitrogens with zero attached hydrogens (tertiary/aromatic N) is 2. The van der Waals surface area contributed by atoms with E-state index in [0.29, 0.717) is 0 Å². The lowest BCUT2D eigenvalue weighted by atomic mass is 9.84. The monoisotopic (exact) mass is 350 g/mol. The van der Waals surface area contributed by atoms with Crippen LogP contribution >= 0.6 is 35.5 Å². The Morgan fingerprint density at radius 3 is 2.19 bits per heavy atom. The molecule has 1 amide bonds. The zero-order chi connectivity index (χ0) is 16.3. The van der Waals surface area contributed by atoms with Crippen LogP contribution in [0, 0.1) is 5.41 Å². The molecule has 1 aliphatic rings. The van der Waals surface area contributed by atoms with Crippen LogP contribution in [0.1, 0.15) is 34.6 Å². The standard InChI is InChI=1S/C13H22N2O3S3/c1-12(2,3)9(16)13(4,5)21-15(6)11(17)18-14-10-19-7-8-20-10/h7-8H2,1-6H3. The molecule has 0 N–H and O–H groups in total. The molecule has 0 atom stereocenters. The topological polar surface area (TPSA) is 59.0 Å². The molecule has 0 aliphatic carbocycles. The molecule has 0 radical (unpaired) electrons. The van der Waals surface area contributed by atoms with Gasteiger partial charge in [-0.25, -0.2) is 4.79 Å². The Morgan fingerprint density at radius 2 is 1.71 bits per heavy atom. The van der Waals surface area contributed by atoms with Gasteiger partial charge in [0, 0.05) is 24.0 Å². The van der Waals surface area contributed by atoms with Gasteiger partial charge >= 0.3 is 6.09 Å². The van der Waals surface area contributed by atoms with Crippen LogP contribution < -0.4 is 0 Å². The highest BCUT2D eigenvalue weighted by atomic mass is 32.2. The van der Waals surface area contributed by atoms with E-state index in [1.165, 1.54) is 4.31 Å². The number of hydrogen-bond donors (Lipinski definition) is 0. The molecular formula is C13H22N2O3S3. The molecule has 1 fully saturated rings. The fourth-order valence-electron chi connectivity index (χ4n) is 1.81. The second-order valence-electron chi connectivity index (χ2n) is 6.09. The van der Waals surface area contributed by atoms with Crippen molar-refractivity contribution in [2.75, 3.05) is 18.6 Å². The van der Waals surface area contributed by atoms with Crippen molar-refractivity contribution >= 4 is 51.7 Å². The van der Waals surface area contributed by atoms with E-state index in [0.717, 1.165) is 27.8 Å². The lowest BCUT2D eigenvalue weighted by Gasteiger charge is -2.32. The average molecular weight is 351 g/mol. The molecule has 21 heavy (non-hydrogen) atoms. The van der Waals surface area contributed by atoms with Crippen LogP contribution in [0.15, 0.2) is 5.16 Å². The van der Waals surface area contributed by atoms with Crippen molar-refractivity contribution in [2.45, 2.75) is 39.4 Å². The molecule has 0 unspecified atom stereocenters. The maximum atomic E-state index is 12.4. The van der Waals surface area contributed by atoms with E-state index >= 15 is 0 Å². The van der Waals surface area contributed by atoms with Crippen LogP contribution in [0.3, 0.4) is 0 Å². The quantitative estimate of drug-likeness (QED) is 0.436. The van der Waals surface area contributed by atoms with Crippen LogP contribution in [-0.4, -0.2) is 43.9 Å². The Labute approximate surface area is 139 Å². The molecular weight excluding hydrogens is 328 g/mol. The summed E-state index contributed by atoms with van der Waals surface area (Å²) in [5.74, 6) is 2.05. The lowest BCUT2D eigenvalue weighted by Crippen LogP contribution is -2.41. The van der Waals surface area contributed by atoms with Gasteiger partial charge in [0.25, 0.3) is 0 Å². The van der Waals surface area contributed by atoms with E-state index in [4.69, 9.17) is 4.84 Å². The SMILES string of the molecule is CN(SC(C)(C)C(=O)C(C)(C)C)C(=O)ON=C1SCCS1. The van der Waals surface area contributed by atoms with Crippen LogP contribution in [-0.2, 0) is 9.63 Å². The van der Waals surface area contributed by atoms with Crippen molar-refractivity contribution in [1.82, 2.24) is 4.31 Å². The number of ketones is 1. The van der Waals surface area contributed by atoms with Crippen molar-refractivity contribution in [3.05, 3.63) is 0 Å². The Bertz CT molecular complexity index is 436. The summed E-state index contributed by atoms with van der Waals surface area (Å²) in [4.78, 5) is 29.2. The normalized spacial score (nSPS) is 15.8. The van der Waals surface area contributed by atoms with E-state index in [-0.39, 0.29) is 5.78 Å². The Morgan fingerprint density at radius 1 is 1.19 bits per heavy atom. The van der Waals surface area contributed by atoms with Crippen LogP contribution in [0.4, 0.5) is 4.79 Å². The van der Waals surface area contributed by atoms with Gasteiger partial charge in [0.1, 0.15) is 0 Å². The van der Waals surface area contributed by atoms with Gasteiger partial charge < -0.3 is 0 Å². The van der Waals surface area contributed by atoms with Gasteiger partial charge in [-0.1, -0.05) is 49.5 Å². The van der Waals surface area contributed by atoms with Crippen LogP contribution in [0.2, 0.25) is 0 Å². The van der Waals surface area contributed by atoms with Gasteiger partial charge in [-0.2, -0.15) is 0 Å². The largest absolute Gasteiger partial charge is 0.445 e. The maximum absolute atomic E-state index is 12.4. The highest BCUT2D eigenvalue weighted by Crippen LogP contribution is 2.35. The molecule has 1 saturated heterocycles. The first kappa shape index (κ1) is 18.7. The number of amides is 1. The molecule has 0 aromatic carbocycles. The molecule has 5 nitrogen and oxygen atoms in total. The van der Waals surface area contributed by atoms with Gasteiger partial charge in [0.2, 0.25) is 0 Å². The molecule has 120 valence electrons. The molecule has 0 bridgehead atoms. The Hall–Kier alpha value is -0.340. The first-order valence-corrected chi connectivity index (χ1v) is 9.31. The third kappa shape index (κ3) is 5.75. The lowest BCUT2D eigenvalue weighted by molar-refractivity contribution is -0.128. The number of thioether (sulfide) groups is 2. The zero-order valence-corrected chi connectivity index (χ0v) is 15.7. The van der Waals surface area contributed by atoms with E-state index in [1.54, 1.807) is 30.6 Å².